The van der Waals surface area contributed by atoms with Crippen LogP contribution in [0.3, 0.4) is 0 Å². The van der Waals surface area contributed by atoms with Crippen LogP contribution < -0.4 is 5.32 Å². The van der Waals surface area contributed by atoms with E-state index in [4.69, 9.17) is 5.10 Å². The minimum Gasteiger partial charge on any atom is -0.324 e. The average molecular weight is 373 g/mol. The van der Waals surface area contributed by atoms with E-state index >= 15 is 0 Å². The highest BCUT2D eigenvalue weighted by atomic mass is 16.2. The van der Waals surface area contributed by atoms with E-state index in [2.05, 4.69) is 17.2 Å². The summed E-state index contributed by atoms with van der Waals surface area (Å²) in [6, 6.07) is 13.8. The number of carbonyl (C=O) groups excluding carboxylic acids is 1. The third kappa shape index (κ3) is 3.41. The first-order valence-corrected chi connectivity index (χ1v) is 9.42. The van der Waals surface area contributed by atoms with Crippen LogP contribution in [0.1, 0.15) is 23.7 Å². The first-order valence-electron chi connectivity index (χ1n) is 9.42. The molecule has 0 atom stereocenters. The van der Waals surface area contributed by atoms with Crippen LogP contribution in [0.25, 0.3) is 16.9 Å². The number of carbonyl (C=O) groups is 1. The van der Waals surface area contributed by atoms with Crippen molar-refractivity contribution in [1.29, 1.82) is 0 Å². The van der Waals surface area contributed by atoms with Gasteiger partial charge in [0, 0.05) is 23.8 Å². The van der Waals surface area contributed by atoms with Gasteiger partial charge in [-0.15, -0.1) is 0 Å². The first-order chi connectivity index (χ1) is 13.5. The van der Waals surface area contributed by atoms with Crippen LogP contribution in [-0.4, -0.2) is 25.2 Å². The molecular weight excluding hydrogens is 350 g/mol. The molecular formula is C22H23N5O. The Bertz CT molecular complexity index is 1120. The average Bonchev–Trinajstić information content (AvgIpc) is 3.31. The van der Waals surface area contributed by atoms with E-state index in [1.807, 2.05) is 73.3 Å². The third-order valence-electron chi connectivity index (χ3n) is 4.80. The van der Waals surface area contributed by atoms with Crippen molar-refractivity contribution < 1.29 is 4.79 Å². The van der Waals surface area contributed by atoms with Crippen molar-refractivity contribution in [2.75, 3.05) is 5.32 Å². The van der Waals surface area contributed by atoms with Crippen LogP contribution in [0.2, 0.25) is 0 Å². The van der Waals surface area contributed by atoms with Gasteiger partial charge in [0.15, 0.2) is 11.5 Å². The number of anilines is 1. The summed E-state index contributed by atoms with van der Waals surface area (Å²) in [5.74, 6) is 0.652. The number of fused-ring (bicyclic) bond motifs is 1. The molecule has 0 saturated carbocycles. The van der Waals surface area contributed by atoms with Crippen molar-refractivity contribution in [2.24, 2.45) is 0 Å². The lowest BCUT2D eigenvalue weighted by Gasteiger charge is -2.07. The van der Waals surface area contributed by atoms with Crippen molar-refractivity contribution in [3.05, 3.63) is 71.7 Å². The lowest BCUT2D eigenvalue weighted by Crippen LogP contribution is -2.20. The standard InChI is InChI=1S/C22H23N5O/c1-4-17-7-9-18(10-8-17)24-19(28)14-27-21-20(15(2)13-16(3)23-21)22(25-27)26-11-5-6-12-26/h5-13H,4,14H2,1-3H3,(H,24,28). The molecule has 1 N–H and O–H groups in total. The molecule has 0 aliphatic carbocycles. The summed E-state index contributed by atoms with van der Waals surface area (Å²) in [4.78, 5) is 17.3. The van der Waals surface area contributed by atoms with Gasteiger partial charge in [0.05, 0.1) is 5.39 Å². The van der Waals surface area contributed by atoms with Gasteiger partial charge in [0.1, 0.15) is 6.54 Å². The van der Waals surface area contributed by atoms with E-state index in [0.717, 1.165) is 40.2 Å². The summed E-state index contributed by atoms with van der Waals surface area (Å²) in [6.07, 6.45) is 4.86. The highest BCUT2D eigenvalue weighted by molar-refractivity contribution is 5.93. The van der Waals surface area contributed by atoms with Crippen molar-refractivity contribution in [3.63, 3.8) is 0 Å². The van der Waals surface area contributed by atoms with E-state index in [-0.39, 0.29) is 12.5 Å². The zero-order chi connectivity index (χ0) is 19.7. The number of benzene rings is 1. The van der Waals surface area contributed by atoms with Crippen LogP contribution >= 0.6 is 0 Å². The van der Waals surface area contributed by atoms with Gasteiger partial charge in [-0.25, -0.2) is 9.67 Å². The molecule has 6 nitrogen and oxygen atoms in total. The van der Waals surface area contributed by atoms with Gasteiger partial charge in [0.2, 0.25) is 5.91 Å². The van der Waals surface area contributed by atoms with Gasteiger partial charge >= 0.3 is 0 Å². The fraction of sp³-hybridized carbons (Fsp3) is 0.227. The van der Waals surface area contributed by atoms with Crippen molar-refractivity contribution in [3.8, 4) is 5.82 Å². The van der Waals surface area contributed by atoms with Gasteiger partial charge in [-0.05, 0) is 61.7 Å². The fourth-order valence-electron chi connectivity index (χ4n) is 3.42. The Morgan fingerprint density at radius 2 is 1.82 bits per heavy atom. The van der Waals surface area contributed by atoms with Gasteiger partial charge in [0.25, 0.3) is 0 Å². The number of hydrogen-bond donors (Lipinski definition) is 1. The van der Waals surface area contributed by atoms with Gasteiger partial charge in [-0.2, -0.15) is 5.10 Å². The molecule has 4 rings (SSSR count). The molecule has 0 saturated heterocycles. The Labute approximate surface area is 163 Å². The molecule has 3 heterocycles. The monoisotopic (exact) mass is 373 g/mol. The summed E-state index contributed by atoms with van der Waals surface area (Å²) in [5.41, 5.74) is 4.73. The maximum atomic E-state index is 12.6. The Morgan fingerprint density at radius 3 is 2.50 bits per heavy atom. The van der Waals surface area contributed by atoms with E-state index in [1.165, 1.54) is 5.56 Å². The highest BCUT2D eigenvalue weighted by Gasteiger charge is 2.17. The fourth-order valence-corrected chi connectivity index (χ4v) is 3.42. The topological polar surface area (TPSA) is 64.7 Å². The molecule has 0 fully saturated rings. The third-order valence-corrected chi connectivity index (χ3v) is 4.80. The molecule has 4 aromatic rings. The molecule has 142 valence electrons. The van der Waals surface area contributed by atoms with Gasteiger partial charge in [-0.1, -0.05) is 19.1 Å². The van der Waals surface area contributed by atoms with Gasteiger partial charge in [-0.3, -0.25) is 4.79 Å². The highest BCUT2D eigenvalue weighted by Crippen LogP contribution is 2.25. The Balaban J connectivity index is 1.67. The summed E-state index contributed by atoms with van der Waals surface area (Å²) in [5, 5.41) is 8.60. The molecule has 0 unspecified atom stereocenters. The normalized spacial score (nSPS) is 11.1. The maximum Gasteiger partial charge on any atom is 0.246 e. The van der Waals surface area contributed by atoms with Crippen LogP contribution in [0.4, 0.5) is 5.69 Å². The van der Waals surface area contributed by atoms with Crippen molar-refractivity contribution >= 4 is 22.6 Å². The summed E-state index contributed by atoms with van der Waals surface area (Å²) in [7, 11) is 0. The summed E-state index contributed by atoms with van der Waals surface area (Å²) in [6.45, 7) is 6.21. The molecule has 6 heteroatoms. The van der Waals surface area contributed by atoms with E-state index in [1.54, 1.807) is 4.68 Å². The number of amides is 1. The molecule has 3 aromatic heterocycles. The first kappa shape index (κ1) is 18.0. The van der Waals surface area contributed by atoms with E-state index in [0.29, 0.717) is 0 Å². The Hall–Kier alpha value is -3.41. The number of aryl methyl sites for hydroxylation is 3. The largest absolute Gasteiger partial charge is 0.324 e. The van der Waals surface area contributed by atoms with Crippen molar-refractivity contribution in [1.82, 2.24) is 19.3 Å². The number of aromatic nitrogens is 4. The SMILES string of the molecule is CCc1ccc(NC(=O)Cn2nc(-n3cccc3)c3c(C)cc(C)nc32)cc1. The second-order valence-corrected chi connectivity index (χ2v) is 6.95. The van der Waals surface area contributed by atoms with Crippen LogP contribution in [0, 0.1) is 13.8 Å². The lowest BCUT2D eigenvalue weighted by molar-refractivity contribution is -0.116. The van der Waals surface area contributed by atoms with Gasteiger partial charge < -0.3 is 9.88 Å². The molecule has 0 radical (unpaired) electrons. The number of pyridine rings is 1. The minimum atomic E-state index is -0.131. The zero-order valence-corrected chi connectivity index (χ0v) is 16.3. The molecule has 0 spiro atoms. The predicted octanol–water partition coefficient (Wildman–Crippen LogP) is 4.04. The quantitative estimate of drug-likeness (QED) is 0.574. The molecule has 1 aromatic carbocycles. The second kappa shape index (κ2) is 7.31. The minimum absolute atomic E-state index is 0.100. The Kier molecular flexibility index (Phi) is 4.69. The van der Waals surface area contributed by atoms with Crippen LogP contribution in [0.5, 0.6) is 0 Å². The van der Waals surface area contributed by atoms with Crippen LogP contribution in [0.15, 0.2) is 54.9 Å². The molecule has 28 heavy (non-hydrogen) atoms. The number of hydrogen-bond acceptors (Lipinski definition) is 3. The molecule has 0 aliphatic rings. The summed E-state index contributed by atoms with van der Waals surface area (Å²) < 4.78 is 3.63. The van der Waals surface area contributed by atoms with Crippen molar-refractivity contribution in [2.45, 2.75) is 33.7 Å². The Morgan fingerprint density at radius 1 is 1.11 bits per heavy atom. The summed E-state index contributed by atoms with van der Waals surface area (Å²) >= 11 is 0. The maximum absolute atomic E-state index is 12.6. The molecule has 0 aliphatic heterocycles. The van der Waals surface area contributed by atoms with E-state index < -0.39 is 0 Å². The molecule has 1 amide bonds. The predicted molar refractivity (Wildman–Crippen MR) is 111 cm³/mol. The second-order valence-electron chi connectivity index (χ2n) is 6.95. The smallest absolute Gasteiger partial charge is 0.246 e. The lowest BCUT2D eigenvalue weighted by atomic mass is 10.1. The zero-order valence-electron chi connectivity index (χ0n) is 16.3. The number of nitrogens with zero attached hydrogens (tertiary/aromatic N) is 4. The molecule has 0 bridgehead atoms. The van der Waals surface area contributed by atoms with E-state index in [9.17, 15) is 4.79 Å². The number of nitrogens with one attached hydrogen (secondary N) is 1. The number of rotatable bonds is 5. The van der Waals surface area contributed by atoms with Crippen LogP contribution in [-0.2, 0) is 17.8 Å².